The molecule has 0 aromatic carbocycles. The van der Waals surface area contributed by atoms with Gasteiger partial charge in [-0.1, -0.05) is 13.0 Å². The molecule has 0 radical (unpaired) electrons. The van der Waals surface area contributed by atoms with Crippen LogP contribution in [0.1, 0.15) is 59.5 Å². The third-order valence-corrected chi connectivity index (χ3v) is 6.85. The van der Waals surface area contributed by atoms with Crippen LogP contribution in [-0.2, 0) is 6.42 Å². The van der Waals surface area contributed by atoms with Crippen molar-refractivity contribution in [1.82, 2.24) is 20.2 Å². The maximum Gasteiger partial charge on any atom is 0.269 e. The first-order valence-electron chi connectivity index (χ1n) is 11.4. The molecule has 2 atom stereocenters. The molecule has 1 aliphatic carbocycles. The number of rotatable bonds is 5. The molecule has 1 aliphatic heterocycles. The van der Waals surface area contributed by atoms with Crippen LogP contribution in [0.4, 0.5) is 5.69 Å². The number of piperazine rings is 1. The van der Waals surface area contributed by atoms with E-state index in [2.05, 4.69) is 37.2 Å². The SMILES string of the molecule is CCc1ccc([C@@H]2CC[C@H](N3CCN(c4ccc(C(=O)NC)nc4C#N)CC3)C2)[nH]c1=O. The van der Waals surface area contributed by atoms with E-state index >= 15 is 0 Å². The number of aromatic nitrogens is 2. The number of carbonyl (C=O) groups is 1. The molecule has 0 unspecified atom stereocenters. The molecule has 8 nitrogen and oxygen atoms in total. The number of aryl methyl sites for hydroxylation is 1. The second-order valence-corrected chi connectivity index (χ2v) is 8.56. The Morgan fingerprint density at radius 3 is 2.66 bits per heavy atom. The van der Waals surface area contributed by atoms with Gasteiger partial charge in [0.1, 0.15) is 11.8 Å². The Morgan fingerprint density at radius 2 is 2.00 bits per heavy atom. The molecule has 1 amide bonds. The summed E-state index contributed by atoms with van der Waals surface area (Å²) in [6.07, 6.45) is 4.04. The molecule has 2 aliphatic rings. The lowest BCUT2D eigenvalue weighted by Gasteiger charge is -2.39. The van der Waals surface area contributed by atoms with Gasteiger partial charge in [0.25, 0.3) is 11.5 Å². The van der Waals surface area contributed by atoms with Crippen LogP contribution >= 0.6 is 0 Å². The van der Waals surface area contributed by atoms with Gasteiger partial charge in [-0.25, -0.2) is 4.98 Å². The predicted molar refractivity (Wildman–Crippen MR) is 123 cm³/mol. The molecular weight excluding hydrogens is 404 g/mol. The molecule has 2 N–H and O–H groups in total. The number of pyridine rings is 2. The summed E-state index contributed by atoms with van der Waals surface area (Å²) >= 11 is 0. The number of aromatic amines is 1. The summed E-state index contributed by atoms with van der Waals surface area (Å²) in [5, 5.41) is 12.1. The van der Waals surface area contributed by atoms with Crippen molar-refractivity contribution in [3.63, 3.8) is 0 Å². The van der Waals surface area contributed by atoms with Gasteiger partial charge in [0, 0.05) is 56.4 Å². The minimum Gasteiger partial charge on any atom is -0.367 e. The van der Waals surface area contributed by atoms with Crippen LogP contribution in [0.3, 0.4) is 0 Å². The summed E-state index contributed by atoms with van der Waals surface area (Å²) in [6.45, 7) is 5.48. The van der Waals surface area contributed by atoms with E-state index in [0.717, 1.165) is 68.8 Å². The van der Waals surface area contributed by atoms with E-state index in [1.54, 1.807) is 13.1 Å². The molecule has 1 saturated heterocycles. The van der Waals surface area contributed by atoms with Crippen LogP contribution in [-0.4, -0.2) is 60.0 Å². The van der Waals surface area contributed by atoms with Crippen LogP contribution in [0.2, 0.25) is 0 Å². The summed E-state index contributed by atoms with van der Waals surface area (Å²) in [4.78, 5) is 36.1. The highest BCUT2D eigenvalue weighted by Crippen LogP contribution is 2.36. The number of anilines is 1. The van der Waals surface area contributed by atoms with Crippen molar-refractivity contribution in [2.24, 2.45) is 0 Å². The third-order valence-electron chi connectivity index (χ3n) is 6.85. The van der Waals surface area contributed by atoms with Crippen LogP contribution in [0.25, 0.3) is 0 Å². The van der Waals surface area contributed by atoms with Gasteiger partial charge in [0.05, 0.1) is 5.69 Å². The zero-order valence-corrected chi connectivity index (χ0v) is 18.7. The van der Waals surface area contributed by atoms with Crippen LogP contribution in [0.15, 0.2) is 29.1 Å². The third kappa shape index (κ3) is 4.39. The largest absolute Gasteiger partial charge is 0.367 e. The summed E-state index contributed by atoms with van der Waals surface area (Å²) in [6, 6.07) is 10.2. The second kappa shape index (κ2) is 9.53. The molecule has 8 heteroatoms. The average Bonchev–Trinajstić information content (AvgIpc) is 3.33. The Kier molecular flexibility index (Phi) is 6.56. The maximum atomic E-state index is 12.2. The Morgan fingerprint density at radius 1 is 1.22 bits per heavy atom. The first-order chi connectivity index (χ1) is 15.5. The Balaban J connectivity index is 1.37. The lowest BCUT2D eigenvalue weighted by Crippen LogP contribution is -2.50. The van der Waals surface area contributed by atoms with Crippen molar-refractivity contribution in [1.29, 1.82) is 5.26 Å². The molecule has 2 fully saturated rings. The fourth-order valence-corrected chi connectivity index (χ4v) is 4.98. The monoisotopic (exact) mass is 434 g/mol. The summed E-state index contributed by atoms with van der Waals surface area (Å²) in [5.74, 6) is 0.114. The van der Waals surface area contributed by atoms with Gasteiger partial charge in [-0.2, -0.15) is 5.26 Å². The zero-order chi connectivity index (χ0) is 22.7. The number of carbonyl (C=O) groups excluding carboxylic acids is 1. The number of H-pyrrole nitrogens is 1. The van der Waals surface area contributed by atoms with E-state index in [4.69, 9.17) is 0 Å². The number of hydrogen-bond acceptors (Lipinski definition) is 6. The molecule has 1 saturated carbocycles. The molecule has 32 heavy (non-hydrogen) atoms. The van der Waals surface area contributed by atoms with Crippen molar-refractivity contribution in [3.8, 4) is 6.07 Å². The first-order valence-corrected chi connectivity index (χ1v) is 11.4. The van der Waals surface area contributed by atoms with E-state index in [0.29, 0.717) is 17.7 Å². The van der Waals surface area contributed by atoms with Crippen molar-refractivity contribution < 1.29 is 4.79 Å². The predicted octanol–water partition coefficient (Wildman–Crippen LogP) is 2.02. The van der Waals surface area contributed by atoms with Crippen molar-refractivity contribution >= 4 is 11.6 Å². The summed E-state index contributed by atoms with van der Waals surface area (Å²) < 4.78 is 0. The lowest BCUT2D eigenvalue weighted by molar-refractivity contribution is 0.0958. The minimum absolute atomic E-state index is 0.0476. The van der Waals surface area contributed by atoms with Gasteiger partial charge in [-0.05, 0) is 43.9 Å². The highest BCUT2D eigenvalue weighted by molar-refractivity contribution is 5.92. The van der Waals surface area contributed by atoms with Crippen molar-refractivity contribution in [2.45, 2.75) is 44.6 Å². The molecule has 4 rings (SSSR count). The van der Waals surface area contributed by atoms with Gasteiger partial charge in [0.15, 0.2) is 5.69 Å². The van der Waals surface area contributed by atoms with Gasteiger partial charge in [-0.15, -0.1) is 0 Å². The highest BCUT2D eigenvalue weighted by Gasteiger charge is 2.32. The van der Waals surface area contributed by atoms with Crippen molar-refractivity contribution in [2.75, 3.05) is 38.1 Å². The molecule has 0 bridgehead atoms. The molecule has 2 aromatic heterocycles. The Bertz CT molecular complexity index is 1080. The molecular formula is C24H30N6O2. The number of amides is 1. The van der Waals surface area contributed by atoms with E-state index in [-0.39, 0.29) is 17.2 Å². The minimum atomic E-state index is -0.292. The Hall–Kier alpha value is -3.18. The summed E-state index contributed by atoms with van der Waals surface area (Å²) in [5.41, 5.74) is 3.29. The number of nitrogens with zero attached hydrogens (tertiary/aromatic N) is 4. The fraction of sp³-hybridized carbons (Fsp3) is 0.500. The van der Waals surface area contributed by atoms with Gasteiger partial charge in [-0.3, -0.25) is 14.5 Å². The van der Waals surface area contributed by atoms with E-state index in [1.807, 2.05) is 19.1 Å². The van der Waals surface area contributed by atoms with Gasteiger partial charge in [0.2, 0.25) is 0 Å². The average molecular weight is 435 g/mol. The molecule has 3 heterocycles. The first kappa shape index (κ1) is 22.0. The number of nitrogens with one attached hydrogen (secondary N) is 2. The number of nitriles is 1. The van der Waals surface area contributed by atoms with Crippen LogP contribution in [0.5, 0.6) is 0 Å². The van der Waals surface area contributed by atoms with Crippen LogP contribution in [0, 0.1) is 11.3 Å². The van der Waals surface area contributed by atoms with Gasteiger partial charge >= 0.3 is 0 Å². The topological polar surface area (TPSA) is 105 Å². The van der Waals surface area contributed by atoms with Crippen LogP contribution < -0.4 is 15.8 Å². The molecule has 0 spiro atoms. The Labute approximate surface area is 188 Å². The second-order valence-electron chi connectivity index (χ2n) is 8.56. The van der Waals surface area contributed by atoms with Crippen molar-refractivity contribution in [3.05, 3.63) is 57.3 Å². The molecule has 168 valence electrons. The van der Waals surface area contributed by atoms with Gasteiger partial charge < -0.3 is 15.2 Å². The van der Waals surface area contributed by atoms with E-state index in [1.165, 1.54) is 0 Å². The smallest absolute Gasteiger partial charge is 0.269 e. The van der Waals surface area contributed by atoms with E-state index in [9.17, 15) is 14.9 Å². The highest BCUT2D eigenvalue weighted by atomic mass is 16.1. The number of hydrogen-bond donors (Lipinski definition) is 2. The summed E-state index contributed by atoms with van der Waals surface area (Å²) in [7, 11) is 1.55. The zero-order valence-electron chi connectivity index (χ0n) is 18.7. The van der Waals surface area contributed by atoms with E-state index < -0.39 is 0 Å². The fourth-order valence-electron chi connectivity index (χ4n) is 4.98. The maximum absolute atomic E-state index is 12.2. The lowest BCUT2D eigenvalue weighted by atomic mass is 10.0. The molecule has 2 aromatic rings. The normalized spacial score (nSPS) is 21.3. The quantitative estimate of drug-likeness (QED) is 0.746. The standard InChI is InChI=1S/C24H30N6O2/c1-3-16-5-7-19(28-23(16)31)17-4-6-18(14-17)29-10-12-30(13-11-29)22-9-8-20(24(32)26-2)27-21(22)15-25/h5,7-9,17-18H,3-4,6,10-14H2,1-2H3,(H,26,32)(H,28,31)/t17-,18+/m1/s1.